The number of carboxylic acids is 1. The molecule has 3 N–H and O–H groups in total. The highest BCUT2D eigenvalue weighted by molar-refractivity contribution is 5.88. The fourth-order valence-electron chi connectivity index (χ4n) is 2.03. The van der Waals surface area contributed by atoms with Crippen LogP contribution < -0.4 is 10.9 Å². The lowest BCUT2D eigenvalue weighted by molar-refractivity contribution is 0.0696. The van der Waals surface area contributed by atoms with Crippen molar-refractivity contribution in [1.29, 1.82) is 0 Å². The SMILES string of the molecule is O=C(O)c1cc(NC2CCCC2)[nH]c(=O)c1. The van der Waals surface area contributed by atoms with E-state index in [0.717, 1.165) is 18.9 Å². The third kappa shape index (κ3) is 2.42. The quantitative estimate of drug-likeness (QED) is 0.722. The van der Waals surface area contributed by atoms with Gasteiger partial charge in [-0.2, -0.15) is 0 Å². The van der Waals surface area contributed by atoms with E-state index in [0.29, 0.717) is 11.9 Å². The van der Waals surface area contributed by atoms with Crippen molar-refractivity contribution in [2.45, 2.75) is 31.7 Å². The van der Waals surface area contributed by atoms with Crippen molar-refractivity contribution in [2.75, 3.05) is 5.32 Å². The molecule has 1 heterocycles. The van der Waals surface area contributed by atoms with Crippen molar-refractivity contribution in [1.82, 2.24) is 4.98 Å². The van der Waals surface area contributed by atoms with Gasteiger partial charge in [-0.3, -0.25) is 4.79 Å². The average molecular weight is 222 g/mol. The van der Waals surface area contributed by atoms with E-state index in [1.165, 1.54) is 18.9 Å². The number of hydrogen-bond acceptors (Lipinski definition) is 3. The first-order chi connectivity index (χ1) is 7.65. The number of aromatic carboxylic acids is 1. The van der Waals surface area contributed by atoms with Crippen molar-refractivity contribution in [2.24, 2.45) is 0 Å². The maximum atomic E-state index is 11.2. The van der Waals surface area contributed by atoms with Gasteiger partial charge in [-0.1, -0.05) is 12.8 Å². The number of nitrogens with one attached hydrogen (secondary N) is 2. The van der Waals surface area contributed by atoms with Gasteiger partial charge in [0.1, 0.15) is 5.82 Å². The Morgan fingerprint density at radius 3 is 2.69 bits per heavy atom. The summed E-state index contributed by atoms with van der Waals surface area (Å²) < 4.78 is 0. The summed E-state index contributed by atoms with van der Waals surface area (Å²) in [4.78, 5) is 24.6. The molecular formula is C11H14N2O3. The Labute approximate surface area is 92.5 Å². The summed E-state index contributed by atoms with van der Waals surface area (Å²) >= 11 is 0. The summed E-state index contributed by atoms with van der Waals surface area (Å²) in [6, 6.07) is 2.89. The normalized spacial score (nSPS) is 16.2. The van der Waals surface area contributed by atoms with Gasteiger partial charge in [-0.25, -0.2) is 4.79 Å². The first kappa shape index (κ1) is 10.7. The van der Waals surface area contributed by atoms with Gasteiger partial charge in [0, 0.05) is 12.1 Å². The van der Waals surface area contributed by atoms with E-state index >= 15 is 0 Å². The van der Waals surface area contributed by atoms with Gasteiger partial charge in [0.05, 0.1) is 5.56 Å². The van der Waals surface area contributed by atoms with Crippen molar-refractivity contribution < 1.29 is 9.90 Å². The minimum absolute atomic E-state index is 0.0178. The molecule has 0 atom stereocenters. The number of aromatic amines is 1. The summed E-state index contributed by atoms with van der Waals surface area (Å²) in [7, 11) is 0. The molecular weight excluding hydrogens is 208 g/mol. The summed E-state index contributed by atoms with van der Waals surface area (Å²) in [5.41, 5.74) is -0.371. The molecule has 0 radical (unpaired) electrons. The van der Waals surface area contributed by atoms with Crippen LogP contribution in [0, 0.1) is 0 Å². The van der Waals surface area contributed by atoms with Crippen LogP contribution >= 0.6 is 0 Å². The van der Waals surface area contributed by atoms with Crippen molar-refractivity contribution in [3.05, 3.63) is 28.0 Å². The number of aromatic nitrogens is 1. The second kappa shape index (κ2) is 4.38. The lowest BCUT2D eigenvalue weighted by Gasteiger charge is -2.13. The summed E-state index contributed by atoms with van der Waals surface area (Å²) in [6.45, 7) is 0. The molecule has 1 aliphatic rings. The molecule has 0 unspecified atom stereocenters. The lowest BCUT2D eigenvalue weighted by atomic mass is 10.2. The minimum atomic E-state index is -1.08. The van der Waals surface area contributed by atoms with Gasteiger partial charge in [0.15, 0.2) is 0 Å². The van der Waals surface area contributed by atoms with Crippen LogP contribution in [0.5, 0.6) is 0 Å². The van der Waals surface area contributed by atoms with Crippen LogP contribution in [-0.2, 0) is 0 Å². The molecule has 5 heteroatoms. The summed E-state index contributed by atoms with van der Waals surface area (Å²) in [5, 5.41) is 12.0. The highest BCUT2D eigenvalue weighted by Gasteiger charge is 2.15. The Balaban J connectivity index is 2.19. The number of hydrogen-bond donors (Lipinski definition) is 3. The summed E-state index contributed by atoms with van der Waals surface area (Å²) in [6.07, 6.45) is 4.50. The second-order valence-electron chi connectivity index (χ2n) is 4.08. The lowest BCUT2D eigenvalue weighted by Crippen LogP contribution is -2.19. The molecule has 5 nitrogen and oxygen atoms in total. The number of pyridine rings is 1. The maximum absolute atomic E-state index is 11.2. The minimum Gasteiger partial charge on any atom is -0.478 e. The van der Waals surface area contributed by atoms with E-state index in [9.17, 15) is 9.59 Å². The number of rotatable bonds is 3. The van der Waals surface area contributed by atoms with Gasteiger partial charge in [-0.05, 0) is 18.9 Å². The molecule has 86 valence electrons. The second-order valence-corrected chi connectivity index (χ2v) is 4.08. The fraction of sp³-hybridized carbons (Fsp3) is 0.455. The smallest absolute Gasteiger partial charge is 0.336 e. The highest BCUT2D eigenvalue weighted by atomic mass is 16.4. The van der Waals surface area contributed by atoms with E-state index in [2.05, 4.69) is 10.3 Å². The van der Waals surface area contributed by atoms with Gasteiger partial charge in [0.2, 0.25) is 5.56 Å². The van der Waals surface area contributed by atoms with E-state index in [1.54, 1.807) is 0 Å². The highest BCUT2D eigenvalue weighted by Crippen LogP contribution is 2.21. The Morgan fingerprint density at radius 2 is 2.06 bits per heavy atom. The molecule has 0 bridgehead atoms. The first-order valence-electron chi connectivity index (χ1n) is 5.39. The van der Waals surface area contributed by atoms with E-state index < -0.39 is 5.97 Å². The van der Waals surface area contributed by atoms with Gasteiger partial charge < -0.3 is 15.4 Å². The Kier molecular flexibility index (Phi) is 2.94. The van der Waals surface area contributed by atoms with Crippen LogP contribution in [0.25, 0.3) is 0 Å². The third-order valence-electron chi connectivity index (χ3n) is 2.81. The van der Waals surface area contributed by atoms with E-state index in [4.69, 9.17) is 5.11 Å². The maximum Gasteiger partial charge on any atom is 0.336 e. The number of carboxylic acid groups (broad SMARTS) is 1. The number of carbonyl (C=O) groups is 1. The van der Waals surface area contributed by atoms with E-state index in [-0.39, 0.29) is 11.1 Å². The van der Waals surface area contributed by atoms with Crippen molar-refractivity contribution in [3.63, 3.8) is 0 Å². The van der Waals surface area contributed by atoms with Crippen molar-refractivity contribution in [3.8, 4) is 0 Å². The molecule has 1 aromatic heterocycles. The van der Waals surface area contributed by atoms with Crippen LogP contribution in [0.2, 0.25) is 0 Å². The number of H-pyrrole nitrogens is 1. The molecule has 0 amide bonds. The van der Waals surface area contributed by atoms with Crippen molar-refractivity contribution >= 4 is 11.8 Å². The Bertz CT molecular complexity index is 447. The van der Waals surface area contributed by atoms with Gasteiger partial charge >= 0.3 is 5.97 Å². The Hall–Kier alpha value is -1.78. The molecule has 1 saturated carbocycles. The average Bonchev–Trinajstić information content (AvgIpc) is 2.69. The zero-order chi connectivity index (χ0) is 11.5. The van der Waals surface area contributed by atoms with Crippen LogP contribution in [-0.4, -0.2) is 22.1 Å². The zero-order valence-electron chi connectivity index (χ0n) is 8.82. The van der Waals surface area contributed by atoms with E-state index in [1.807, 2.05) is 0 Å². The van der Waals surface area contributed by atoms with Gasteiger partial charge in [0.25, 0.3) is 0 Å². The van der Waals surface area contributed by atoms with Crippen LogP contribution in [0.15, 0.2) is 16.9 Å². The molecule has 16 heavy (non-hydrogen) atoms. The topological polar surface area (TPSA) is 82.2 Å². The molecule has 0 aliphatic heterocycles. The Morgan fingerprint density at radius 1 is 1.38 bits per heavy atom. The van der Waals surface area contributed by atoms with Gasteiger partial charge in [-0.15, -0.1) is 0 Å². The molecule has 0 saturated heterocycles. The predicted molar refractivity (Wildman–Crippen MR) is 59.9 cm³/mol. The molecule has 1 fully saturated rings. The van der Waals surface area contributed by atoms with Crippen LogP contribution in [0.4, 0.5) is 5.82 Å². The fourth-order valence-corrected chi connectivity index (χ4v) is 2.03. The standard InChI is InChI=1S/C11H14N2O3/c14-10-6-7(11(15)16)5-9(13-10)12-8-3-1-2-4-8/h5-6,8H,1-4H2,(H,15,16)(H2,12,13,14). The largest absolute Gasteiger partial charge is 0.478 e. The first-order valence-corrected chi connectivity index (χ1v) is 5.39. The summed E-state index contributed by atoms with van der Waals surface area (Å²) in [5.74, 6) is -0.586. The monoisotopic (exact) mass is 222 g/mol. The molecule has 0 aromatic carbocycles. The number of anilines is 1. The molecule has 1 aliphatic carbocycles. The molecule has 1 aromatic rings. The van der Waals surface area contributed by atoms with Crippen LogP contribution in [0.1, 0.15) is 36.0 Å². The molecule has 2 rings (SSSR count). The van der Waals surface area contributed by atoms with Crippen LogP contribution in [0.3, 0.4) is 0 Å². The molecule has 0 spiro atoms. The predicted octanol–water partition coefficient (Wildman–Crippen LogP) is 1.43. The zero-order valence-corrected chi connectivity index (χ0v) is 8.82. The third-order valence-corrected chi connectivity index (χ3v) is 2.81.